The van der Waals surface area contributed by atoms with Crippen molar-refractivity contribution in [3.05, 3.63) is 42.2 Å². The van der Waals surface area contributed by atoms with Gasteiger partial charge < -0.3 is 10.2 Å². The number of hydrogen-bond donors (Lipinski definition) is 1. The summed E-state index contributed by atoms with van der Waals surface area (Å²) in [5.41, 5.74) is 2.99. The molecule has 0 aliphatic carbocycles. The second kappa shape index (κ2) is 4.76. The van der Waals surface area contributed by atoms with E-state index in [1.54, 1.807) is 0 Å². The molecule has 0 saturated carbocycles. The van der Waals surface area contributed by atoms with E-state index in [9.17, 15) is 4.79 Å². The number of rotatable bonds is 3. The molecule has 0 atom stereocenters. The molecule has 3 rings (SSSR count). The number of anilines is 2. The number of fused-ring (bicyclic) bond motifs is 1. The first-order chi connectivity index (χ1) is 9.28. The van der Waals surface area contributed by atoms with Crippen molar-refractivity contribution < 1.29 is 4.79 Å². The Labute approximate surface area is 111 Å². The summed E-state index contributed by atoms with van der Waals surface area (Å²) in [4.78, 5) is 13.9. The summed E-state index contributed by atoms with van der Waals surface area (Å²) in [6, 6.07) is 7.87. The van der Waals surface area contributed by atoms with E-state index >= 15 is 0 Å². The van der Waals surface area contributed by atoms with Gasteiger partial charge in [-0.05, 0) is 19.1 Å². The minimum absolute atomic E-state index is 0.0861. The standard InChI is InChI=1S/C14H16N4O/c1-2-17-9-11(7-16-17)10-18-13-6-4-3-5-12(13)15-8-14(18)19/h3-7,9,15H,2,8,10H2,1H3. The average Bonchev–Trinajstić information content (AvgIpc) is 2.90. The van der Waals surface area contributed by atoms with Crippen LogP contribution in [0.4, 0.5) is 11.4 Å². The number of hydrogen-bond acceptors (Lipinski definition) is 3. The third-order valence-corrected chi connectivity index (χ3v) is 3.28. The van der Waals surface area contributed by atoms with Crippen molar-refractivity contribution in [3.63, 3.8) is 0 Å². The molecule has 19 heavy (non-hydrogen) atoms. The van der Waals surface area contributed by atoms with E-state index in [4.69, 9.17) is 0 Å². The van der Waals surface area contributed by atoms with Crippen LogP contribution in [0.5, 0.6) is 0 Å². The first kappa shape index (κ1) is 11.8. The molecule has 1 aromatic heterocycles. The van der Waals surface area contributed by atoms with Gasteiger partial charge >= 0.3 is 0 Å². The maximum absolute atomic E-state index is 12.1. The van der Waals surface area contributed by atoms with Crippen LogP contribution in [0, 0.1) is 0 Å². The SMILES string of the molecule is CCn1cc(CN2C(=O)CNc3ccccc32)cn1. The number of amides is 1. The molecular formula is C14H16N4O. The molecule has 98 valence electrons. The Hall–Kier alpha value is -2.30. The molecule has 0 saturated heterocycles. The van der Waals surface area contributed by atoms with E-state index in [0.29, 0.717) is 13.1 Å². The smallest absolute Gasteiger partial charge is 0.246 e. The van der Waals surface area contributed by atoms with Gasteiger partial charge in [-0.2, -0.15) is 5.10 Å². The molecule has 2 heterocycles. The number of carbonyl (C=O) groups excluding carboxylic acids is 1. The zero-order valence-electron chi connectivity index (χ0n) is 10.8. The maximum Gasteiger partial charge on any atom is 0.246 e. The number of nitrogens with one attached hydrogen (secondary N) is 1. The summed E-state index contributed by atoms with van der Waals surface area (Å²) in [6.45, 7) is 3.80. The van der Waals surface area contributed by atoms with Gasteiger partial charge in [0.15, 0.2) is 0 Å². The molecule has 0 radical (unpaired) electrons. The van der Waals surface area contributed by atoms with Crippen LogP contribution in [0.2, 0.25) is 0 Å². The van der Waals surface area contributed by atoms with Crippen molar-refractivity contribution in [1.29, 1.82) is 0 Å². The topological polar surface area (TPSA) is 50.2 Å². The molecule has 0 bridgehead atoms. The Bertz CT molecular complexity index is 605. The van der Waals surface area contributed by atoms with E-state index < -0.39 is 0 Å². The summed E-state index contributed by atoms with van der Waals surface area (Å²) in [5, 5.41) is 7.38. The molecule has 1 aromatic carbocycles. The monoisotopic (exact) mass is 256 g/mol. The molecule has 0 fully saturated rings. The molecule has 1 aliphatic rings. The normalized spacial score (nSPS) is 14.2. The second-order valence-corrected chi connectivity index (χ2v) is 4.55. The van der Waals surface area contributed by atoms with Gasteiger partial charge in [0.25, 0.3) is 0 Å². The summed E-state index contributed by atoms with van der Waals surface area (Å²) >= 11 is 0. The quantitative estimate of drug-likeness (QED) is 0.912. The Morgan fingerprint density at radius 1 is 1.37 bits per heavy atom. The molecule has 2 aromatic rings. The van der Waals surface area contributed by atoms with Crippen LogP contribution in [0.3, 0.4) is 0 Å². The maximum atomic E-state index is 12.1. The van der Waals surface area contributed by atoms with Crippen LogP contribution < -0.4 is 10.2 Å². The Morgan fingerprint density at radius 2 is 2.21 bits per heavy atom. The second-order valence-electron chi connectivity index (χ2n) is 4.55. The third kappa shape index (κ3) is 2.19. The molecule has 1 aliphatic heterocycles. The van der Waals surface area contributed by atoms with Gasteiger partial charge in [-0.1, -0.05) is 12.1 Å². The summed E-state index contributed by atoms with van der Waals surface area (Å²) in [5.74, 6) is 0.0861. The third-order valence-electron chi connectivity index (χ3n) is 3.28. The van der Waals surface area contributed by atoms with E-state index in [2.05, 4.69) is 10.4 Å². The highest BCUT2D eigenvalue weighted by molar-refractivity contribution is 6.02. The Kier molecular flexibility index (Phi) is 2.95. The van der Waals surface area contributed by atoms with Crippen molar-refractivity contribution in [2.75, 3.05) is 16.8 Å². The predicted molar refractivity (Wildman–Crippen MR) is 74.0 cm³/mol. The Morgan fingerprint density at radius 3 is 3.00 bits per heavy atom. The van der Waals surface area contributed by atoms with Crippen LogP contribution >= 0.6 is 0 Å². The van der Waals surface area contributed by atoms with Crippen molar-refractivity contribution in [2.45, 2.75) is 20.0 Å². The molecule has 1 amide bonds. The zero-order valence-corrected chi connectivity index (χ0v) is 10.8. The highest BCUT2D eigenvalue weighted by atomic mass is 16.2. The lowest BCUT2D eigenvalue weighted by atomic mass is 10.1. The van der Waals surface area contributed by atoms with Crippen molar-refractivity contribution in [2.24, 2.45) is 0 Å². The van der Waals surface area contributed by atoms with E-state index in [1.165, 1.54) is 0 Å². The Balaban J connectivity index is 1.89. The summed E-state index contributed by atoms with van der Waals surface area (Å²) in [7, 11) is 0. The molecular weight excluding hydrogens is 240 g/mol. The van der Waals surface area contributed by atoms with Crippen molar-refractivity contribution in [1.82, 2.24) is 9.78 Å². The molecule has 5 heteroatoms. The van der Waals surface area contributed by atoms with Crippen LogP contribution in [-0.2, 0) is 17.9 Å². The minimum atomic E-state index is 0.0861. The lowest BCUT2D eigenvalue weighted by molar-refractivity contribution is -0.117. The number of aryl methyl sites for hydroxylation is 1. The molecule has 0 spiro atoms. The molecule has 0 unspecified atom stereocenters. The molecule has 1 N–H and O–H groups in total. The van der Waals surface area contributed by atoms with Gasteiger partial charge in [-0.15, -0.1) is 0 Å². The van der Waals surface area contributed by atoms with Gasteiger partial charge in [0.2, 0.25) is 5.91 Å². The highest BCUT2D eigenvalue weighted by Crippen LogP contribution is 2.30. The lowest BCUT2D eigenvalue weighted by Gasteiger charge is -2.29. The summed E-state index contributed by atoms with van der Waals surface area (Å²) in [6.07, 6.45) is 3.80. The predicted octanol–water partition coefficient (Wildman–Crippen LogP) is 1.86. The van der Waals surface area contributed by atoms with Gasteiger partial charge in [-0.3, -0.25) is 9.48 Å². The largest absolute Gasteiger partial charge is 0.374 e. The highest BCUT2D eigenvalue weighted by Gasteiger charge is 2.23. The van der Waals surface area contributed by atoms with E-state index in [-0.39, 0.29) is 5.91 Å². The van der Waals surface area contributed by atoms with Crippen molar-refractivity contribution in [3.8, 4) is 0 Å². The first-order valence-electron chi connectivity index (χ1n) is 6.42. The zero-order chi connectivity index (χ0) is 13.2. The lowest BCUT2D eigenvalue weighted by Crippen LogP contribution is -2.39. The molecule has 5 nitrogen and oxygen atoms in total. The fourth-order valence-corrected chi connectivity index (χ4v) is 2.28. The number of benzene rings is 1. The number of nitrogens with zero attached hydrogens (tertiary/aromatic N) is 3. The fourth-order valence-electron chi connectivity index (χ4n) is 2.28. The van der Waals surface area contributed by atoms with E-state index in [1.807, 2.05) is 53.2 Å². The van der Waals surface area contributed by atoms with Gasteiger partial charge in [0.05, 0.1) is 30.7 Å². The van der Waals surface area contributed by atoms with Gasteiger partial charge in [0, 0.05) is 18.3 Å². The number of aromatic nitrogens is 2. The first-order valence-corrected chi connectivity index (χ1v) is 6.42. The van der Waals surface area contributed by atoms with Crippen LogP contribution in [0.15, 0.2) is 36.7 Å². The average molecular weight is 256 g/mol. The van der Waals surface area contributed by atoms with Crippen LogP contribution in [-0.4, -0.2) is 22.2 Å². The summed E-state index contributed by atoms with van der Waals surface area (Å²) < 4.78 is 1.87. The number of carbonyl (C=O) groups is 1. The minimum Gasteiger partial charge on any atom is -0.374 e. The van der Waals surface area contributed by atoms with E-state index in [0.717, 1.165) is 23.5 Å². The van der Waals surface area contributed by atoms with Crippen LogP contribution in [0.25, 0.3) is 0 Å². The fraction of sp³-hybridized carbons (Fsp3) is 0.286. The van der Waals surface area contributed by atoms with Gasteiger partial charge in [0.1, 0.15) is 0 Å². The van der Waals surface area contributed by atoms with Gasteiger partial charge in [-0.25, -0.2) is 0 Å². The van der Waals surface area contributed by atoms with Crippen molar-refractivity contribution >= 4 is 17.3 Å². The number of para-hydroxylation sites is 2. The van der Waals surface area contributed by atoms with Crippen LogP contribution in [0.1, 0.15) is 12.5 Å².